The molecule has 1 aliphatic heterocycles. The van der Waals surface area contributed by atoms with E-state index in [1.807, 2.05) is 19.1 Å². The summed E-state index contributed by atoms with van der Waals surface area (Å²) in [6.07, 6.45) is 0.995. The van der Waals surface area contributed by atoms with Crippen LogP contribution >= 0.6 is 11.3 Å². The number of nitrogens with one attached hydrogen (secondary N) is 1. The number of nitrogens with zero attached hydrogens (tertiary/aromatic N) is 3. The molecule has 4 rings (SSSR count). The number of thiazole rings is 1. The summed E-state index contributed by atoms with van der Waals surface area (Å²) in [7, 11) is 0. The molecule has 0 aliphatic carbocycles. The summed E-state index contributed by atoms with van der Waals surface area (Å²) in [6, 6.07) is 3.78. The molecule has 1 amide bonds. The number of hydrogen-bond acceptors (Lipinski definition) is 5. The fourth-order valence-corrected chi connectivity index (χ4v) is 3.93. The first-order valence-corrected chi connectivity index (χ1v) is 9.49. The molecule has 3 heterocycles. The lowest BCUT2D eigenvalue weighted by molar-refractivity contribution is -0.119. The van der Waals surface area contributed by atoms with Crippen LogP contribution in [0.1, 0.15) is 13.3 Å². The van der Waals surface area contributed by atoms with Crippen LogP contribution in [-0.4, -0.2) is 39.7 Å². The monoisotopic (exact) mass is 392 g/mol. The van der Waals surface area contributed by atoms with E-state index in [1.54, 1.807) is 17.9 Å². The van der Waals surface area contributed by atoms with E-state index in [0.29, 0.717) is 18.7 Å². The number of carbonyl (C=O) groups is 1. The molecule has 0 spiro atoms. The van der Waals surface area contributed by atoms with Crippen molar-refractivity contribution < 1.29 is 18.3 Å². The SMILES string of the molecule is C[C@@H](Oc1cc(-c2cnn(CC(F)F)c2)cc2ncsc12)[C@H]1CNC(=O)C1. The van der Waals surface area contributed by atoms with E-state index < -0.39 is 13.0 Å². The zero-order valence-corrected chi connectivity index (χ0v) is 15.4. The van der Waals surface area contributed by atoms with Gasteiger partial charge in [-0.3, -0.25) is 9.48 Å². The molecule has 0 saturated carbocycles. The first kappa shape index (κ1) is 17.8. The van der Waals surface area contributed by atoms with E-state index in [-0.39, 0.29) is 17.9 Å². The zero-order valence-electron chi connectivity index (χ0n) is 14.6. The standard InChI is InChI=1S/C18H18F2N4O2S/c1-10(12-4-17(25)21-5-12)26-15-3-11(2-14-18(15)27-9-22-14)13-6-23-24(7-13)8-16(19)20/h2-3,6-7,9-10,12,16H,4-5,8H2,1H3,(H,21,25)/t10-,12-/m1/s1. The number of halogens is 2. The van der Waals surface area contributed by atoms with Gasteiger partial charge in [-0.15, -0.1) is 11.3 Å². The molecule has 1 aliphatic rings. The van der Waals surface area contributed by atoms with Crippen molar-refractivity contribution in [2.75, 3.05) is 6.54 Å². The summed E-state index contributed by atoms with van der Waals surface area (Å²) < 4.78 is 33.5. The quantitative estimate of drug-likeness (QED) is 0.699. The highest BCUT2D eigenvalue weighted by atomic mass is 32.1. The number of alkyl halides is 2. The van der Waals surface area contributed by atoms with Crippen molar-refractivity contribution in [2.24, 2.45) is 5.92 Å². The Morgan fingerprint density at radius 2 is 2.26 bits per heavy atom. The average Bonchev–Trinajstić information content (AvgIpc) is 3.34. The fourth-order valence-electron chi connectivity index (χ4n) is 3.20. The van der Waals surface area contributed by atoms with Crippen molar-refractivity contribution in [1.29, 1.82) is 0 Å². The predicted octanol–water partition coefficient (Wildman–Crippen LogP) is 3.33. The number of amides is 1. The Kier molecular flexibility index (Phi) is 4.77. The van der Waals surface area contributed by atoms with Gasteiger partial charge in [0.2, 0.25) is 5.91 Å². The number of fused-ring (bicyclic) bond motifs is 1. The molecule has 2 aromatic heterocycles. The molecular formula is C18H18F2N4O2S. The largest absolute Gasteiger partial charge is 0.489 e. The number of ether oxygens (including phenoxy) is 1. The molecule has 27 heavy (non-hydrogen) atoms. The third-order valence-corrected chi connectivity index (χ3v) is 5.53. The van der Waals surface area contributed by atoms with Gasteiger partial charge in [-0.05, 0) is 24.6 Å². The van der Waals surface area contributed by atoms with Crippen molar-refractivity contribution in [3.63, 3.8) is 0 Å². The number of rotatable bonds is 6. The lowest BCUT2D eigenvalue weighted by atomic mass is 10.0. The summed E-state index contributed by atoms with van der Waals surface area (Å²) in [4.78, 5) is 15.8. The van der Waals surface area contributed by atoms with Crippen molar-refractivity contribution >= 4 is 27.5 Å². The van der Waals surface area contributed by atoms with Gasteiger partial charge in [0.05, 0.1) is 21.9 Å². The lowest BCUT2D eigenvalue weighted by Crippen LogP contribution is -2.25. The second-order valence-corrected chi connectivity index (χ2v) is 7.46. The molecule has 9 heteroatoms. The van der Waals surface area contributed by atoms with Gasteiger partial charge in [0, 0.05) is 30.6 Å². The molecule has 2 atom stereocenters. The van der Waals surface area contributed by atoms with Crippen LogP contribution in [0.5, 0.6) is 5.75 Å². The molecular weight excluding hydrogens is 374 g/mol. The van der Waals surface area contributed by atoms with Gasteiger partial charge >= 0.3 is 0 Å². The molecule has 1 saturated heterocycles. The molecule has 6 nitrogen and oxygen atoms in total. The van der Waals surface area contributed by atoms with Crippen molar-refractivity contribution in [2.45, 2.75) is 32.4 Å². The molecule has 0 radical (unpaired) electrons. The summed E-state index contributed by atoms with van der Waals surface area (Å²) in [5, 5.41) is 6.82. The molecule has 1 N–H and O–H groups in total. The lowest BCUT2D eigenvalue weighted by Gasteiger charge is -2.20. The van der Waals surface area contributed by atoms with Gasteiger partial charge in [-0.2, -0.15) is 5.10 Å². The molecule has 0 bridgehead atoms. The Balaban J connectivity index is 1.63. The van der Waals surface area contributed by atoms with E-state index in [2.05, 4.69) is 15.4 Å². The van der Waals surface area contributed by atoms with Gasteiger partial charge in [-0.25, -0.2) is 13.8 Å². The molecule has 1 fully saturated rings. The van der Waals surface area contributed by atoms with Crippen LogP contribution in [0.3, 0.4) is 0 Å². The predicted molar refractivity (Wildman–Crippen MR) is 98.1 cm³/mol. The second kappa shape index (κ2) is 7.22. The van der Waals surface area contributed by atoms with Gasteiger partial charge in [0.25, 0.3) is 6.43 Å². The van der Waals surface area contributed by atoms with Crippen LogP contribution in [0.2, 0.25) is 0 Å². The van der Waals surface area contributed by atoms with E-state index in [4.69, 9.17) is 4.74 Å². The van der Waals surface area contributed by atoms with Crippen LogP contribution in [0.15, 0.2) is 30.0 Å². The second-order valence-electron chi connectivity index (χ2n) is 6.61. The fraction of sp³-hybridized carbons (Fsp3) is 0.389. The summed E-state index contributed by atoms with van der Waals surface area (Å²) in [6.45, 7) is 2.11. The van der Waals surface area contributed by atoms with Crippen molar-refractivity contribution in [3.05, 3.63) is 30.0 Å². The van der Waals surface area contributed by atoms with E-state index in [0.717, 1.165) is 21.3 Å². The van der Waals surface area contributed by atoms with Gasteiger partial charge < -0.3 is 10.1 Å². The summed E-state index contributed by atoms with van der Waals surface area (Å²) >= 11 is 1.48. The average molecular weight is 392 g/mol. The Labute approximate surface area is 158 Å². The van der Waals surface area contributed by atoms with Crippen LogP contribution in [-0.2, 0) is 11.3 Å². The molecule has 3 aromatic rings. The maximum Gasteiger partial charge on any atom is 0.257 e. The summed E-state index contributed by atoms with van der Waals surface area (Å²) in [5.74, 6) is 0.829. The Morgan fingerprint density at radius 1 is 1.41 bits per heavy atom. The highest BCUT2D eigenvalue weighted by Crippen LogP contribution is 2.36. The third kappa shape index (κ3) is 3.78. The van der Waals surface area contributed by atoms with Gasteiger partial charge in [0.1, 0.15) is 18.4 Å². The van der Waals surface area contributed by atoms with Crippen LogP contribution < -0.4 is 10.1 Å². The maximum atomic E-state index is 12.6. The number of aromatic nitrogens is 3. The topological polar surface area (TPSA) is 69.0 Å². The van der Waals surface area contributed by atoms with Crippen LogP contribution in [0, 0.1) is 5.92 Å². The van der Waals surface area contributed by atoms with E-state index in [1.165, 1.54) is 16.0 Å². The number of carbonyl (C=O) groups excluding carboxylic acids is 1. The normalized spacial score (nSPS) is 18.2. The highest BCUT2D eigenvalue weighted by Gasteiger charge is 2.28. The number of benzene rings is 1. The highest BCUT2D eigenvalue weighted by molar-refractivity contribution is 7.17. The van der Waals surface area contributed by atoms with Crippen molar-refractivity contribution in [3.8, 4) is 16.9 Å². The maximum absolute atomic E-state index is 12.6. The third-order valence-electron chi connectivity index (χ3n) is 4.67. The number of hydrogen-bond donors (Lipinski definition) is 1. The zero-order chi connectivity index (χ0) is 19.0. The first-order valence-electron chi connectivity index (χ1n) is 8.61. The van der Waals surface area contributed by atoms with Crippen LogP contribution in [0.4, 0.5) is 8.78 Å². The first-order chi connectivity index (χ1) is 13.0. The molecule has 1 aromatic carbocycles. The Morgan fingerprint density at radius 3 is 3.00 bits per heavy atom. The van der Waals surface area contributed by atoms with E-state index in [9.17, 15) is 13.6 Å². The minimum absolute atomic E-state index is 0.0404. The minimum atomic E-state index is -2.46. The minimum Gasteiger partial charge on any atom is -0.489 e. The Hall–Kier alpha value is -2.55. The molecule has 0 unspecified atom stereocenters. The van der Waals surface area contributed by atoms with Crippen molar-refractivity contribution in [1.82, 2.24) is 20.1 Å². The molecule has 142 valence electrons. The van der Waals surface area contributed by atoms with Gasteiger partial charge in [-0.1, -0.05) is 0 Å². The van der Waals surface area contributed by atoms with Crippen LogP contribution in [0.25, 0.3) is 21.3 Å². The summed E-state index contributed by atoms with van der Waals surface area (Å²) in [5.41, 5.74) is 4.05. The van der Waals surface area contributed by atoms with E-state index >= 15 is 0 Å². The smallest absolute Gasteiger partial charge is 0.257 e. The Bertz CT molecular complexity index is 971. The van der Waals surface area contributed by atoms with Gasteiger partial charge in [0.15, 0.2) is 0 Å².